The van der Waals surface area contributed by atoms with E-state index in [-0.39, 0.29) is 21.3 Å². The molecular weight excluding hydrogens is 212 g/mol. The van der Waals surface area contributed by atoms with Crippen molar-refractivity contribution in [2.75, 3.05) is 17.7 Å². The first-order valence-corrected chi connectivity index (χ1v) is 5.64. The fourth-order valence-electron chi connectivity index (χ4n) is 1.01. The van der Waals surface area contributed by atoms with E-state index < -0.39 is 9.84 Å². The maximum absolute atomic E-state index is 11.2. The molecule has 0 aliphatic heterocycles. The lowest BCUT2D eigenvalue weighted by Gasteiger charge is -2.07. The van der Waals surface area contributed by atoms with Crippen LogP contribution in [0.1, 0.15) is 0 Å². The van der Waals surface area contributed by atoms with Crippen molar-refractivity contribution >= 4 is 32.8 Å². The second-order valence-corrected chi connectivity index (χ2v) is 5.01. The summed E-state index contributed by atoms with van der Waals surface area (Å²) in [5, 5.41) is 0.189. The van der Waals surface area contributed by atoms with Crippen LogP contribution in [-0.2, 0) is 9.84 Å². The number of halogens is 1. The zero-order valence-corrected chi connectivity index (χ0v) is 8.48. The van der Waals surface area contributed by atoms with E-state index in [0.717, 1.165) is 6.26 Å². The number of nitrogen functional groups attached to an aromatic ring is 2. The molecule has 0 aliphatic rings. The van der Waals surface area contributed by atoms with Crippen LogP contribution in [0.5, 0.6) is 0 Å². The van der Waals surface area contributed by atoms with E-state index in [2.05, 4.69) is 0 Å². The lowest BCUT2D eigenvalue weighted by atomic mass is 10.3. The van der Waals surface area contributed by atoms with E-state index in [0.29, 0.717) is 0 Å². The molecule has 0 radical (unpaired) electrons. The summed E-state index contributed by atoms with van der Waals surface area (Å²) in [5.41, 5.74) is 11.1. The van der Waals surface area contributed by atoms with Gasteiger partial charge in [-0.3, -0.25) is 0 Å². The molecule has 0 amide bonds. The number of hydrogen-bond donors (Lipinski definition) is 2. The topological polar surface area (TPSA) is 86.2 Å². The molecule has 0 spiro atoms. The maximum atomic E-state index is 11.2. The number of sulfone groups is 1. The second-order valence-electron chi connectivity index (χ2n) is 2.65. The van der Waals surface area contributed by atoms with Crippen molar-refractivity contribution in [1.82, 2.24) is 0 Å². The van der Waals surface area contributed by atoms with Crippen LogP contribution in [0.3, 0.4) is 0 Å². The first-order valence-electron chi connectivity index (χ1n) is 3.37. The first-order chi connectivity index (χ1) is 5.84. The highest BCUT2D eigenvalue weighted by Gasteiger charge is 2.17. The minimum atomic E-state index is -3.42. The number of hydrogen-bond acceptors (Lipinski definition) is 4. The monoisotopic (exact) mass is 220 g/mol. The minimum absolute atomic E-state index is 0.00386. The van der Waals surface area contributed by atoms with Gasteiger partial charge in [-0.15, -0.1) is 0 Å². The molecule has 0 heterocycles. The van der Waals surface area contributed by atoms with Crippen molar-refractivity contribution in [3.05, 3.63) is 17.2 Å². The number of anilines is 2. The van der Waals surface area contributed by atoms with Gasteiger partial charge in [0.25, 0.3) is 0 Å². The quantitative estimate of drug-likeness (QED) is 0.689. The van der Waals surface area contributed by atoms with Gasteiger partial charge >= 0.3 is 0 Å². The Morgan fingerprint density at radius 3 is 2.23 bits per heavy atom. The fraction of sp³-hybridized carbons (Fsp3) is 0.143. The van der Waals surface area contributed by atoms with Gasteiger partial charge in [-0.2, -0.15) is 0 Å². The van der Waals surface area contributed by atoms with Crippen molar-refractivity contribution in [1.29, 1.82) is 0 Å². The zero-order valence-electron chi connectivity index (χ0n) is 6.91. The number of nitrogens with two attached hydrogens (primary N) is 2. The Morgan fingerprint density at radius 1 is 1.31 bits per heavy atom. The van der Waals surface area contributed by atoms with Crippen LogP contribution in [0.25, 0.3) is 0 Å². The standard InChI is InChI=1S/C7H9ClN2O2S/c1-13(11,12)7-5(9)3-2-4(8)6(7)10/h2-3H,9-10H2,1H3. The summed E-state index contributed by atoms with van der Waals surface area (Å²) in [6, 6.07) is 2.87. The maximum Gasteiger partial charge on any atom is 0.179 e. The third-order valence-corrected chi connectivity index (χ3v) is 3.07. The summed E-state index contributed by atoms with van der Waals surface area (Å²) in [4.78, 5) is -0.0972. The normalized spacial score (nSPS) is 11.5. The van der Waals surface area contributed by atoms with Crippen molar-refractivity contribution < 1.29 is 8.42 Å². The molecule has 0 saturated heterocycles. The lowest BCUT2D eigenvalue weighted by Crippen LogP contribution is -2.06. The zero-order chi connectivity index (χ0) is 10.2. The SMILES string of the molecule is CS(=O)(=O)c1c(N)ccc(Cl)c1N. The molecule has 72 valence electrons. The van der Waals surface area contributed by atoms with E-state index in [9.17, 15) is 8.42 Å². The molecule has 0 aliphatic carbocycles. The summed E-state index contributed by atoms with van der Waals surface area (Å²) in [7, 11) is -3.42. The van der Waals surface area contributed by atoms with Crippen LogP contribution >= 0.6 is 11.6 Å². The highest BCUT2D eigenvalue weighted by atomic mass is 35.5. The summed E-state index contributed by atoms with van der Waals surface area (Å²) in [6.45, 7) is 0. The number of benzene rings is 1. The van der Waals surface area contributed by atoms with Crippen molar-refractivity contribution in [2.45, 2.75) is 4.90 Å². The summed E-state index contributed by atoms with van der Waals surface area (Å²) >= 11 is 5.65. The molecule has 0 saturated carbocycles. The Balaban J connectivity index is 3.62. The summed E-state index contributed by atoms with van der Waals surface area (Å²) in [5.74, 6) is 0. The van der Waals surface area contributed by atoms with Gasteiger partial charge in [-0.25, -0.2) is 8.42 Å². The molecule has 1 aromatic rings. The van der Waals surface area contributed by atoms with Gasteiger partial charge in [0.05, 0.1) is 16.4 Å². The largest absolute Gasteiger partial charge is 0.398 e. The van der Waals surface area contributed by atoms with E-state index >= 15 is 0 Å². The average Bonchev–Trinajstić information content (AvgIpc) is 1.95. The van der Waals surface area contributed by atoms with Crippen LogP contribution < -0.4 is 11.5 Å². The van der Waals surface area contributed by atoms with Crippen LogP contribution in [0, 0.1) is 0 Å². The molecule has 0 aromatic heterocycles. The van der Waals surface area contributed by atoms with E-state index in [1.165, 1.54) is 12.1 Å². The van der Waals surface area contributed by atoms with E-state index in [1.807, 2.05) is 0 Å². The van der Waals surface area contributed by atoms with Crippen molar-refractivity contribution in [3.8, 4) is 0 Å². The molecule has 13 heavy (non-hydrogen) atoms. The Labute approximate surface area is 81.4 Å². The first kappa shape index (κ1) is 10.1. The predicted octanol–water partition coefficient (Wildman–Crippen LogP) is 0.908. The summed E-state index contributed by atoms with van der Waals surface area (Å²) in [6.07, 6.45) is 1.03. The van der Waals surface area contributed by atoms with Crippen LogP contribution in [0.2, 0.25) is 5.02 Å². The second kappa shape index (κ2) is 3.08. The van der Waals surface area contributed by atoms with E-state index in [1.54, 1.807) is 0 Å². The third kappa shape index (κ3) is 1.87. The van der Waals surface area contributed by atoms with Crippen LogP contribution in [-0.4, -0.2) is 14.7 Å². The van der Waals surface area contributed by atoms with Gasteiger partial charge in [0.2, 0.25) is 0 Å². The molecule has 0 bridgehead atoms. The molecule has 0 unspecified atom stereocenters. The fourth-order valence-corrected chi connectivity index (χ4v) is 2.23. The Kier molecular flexibility index (Phi) is 2.40. The number of rotatable bonds is 1. The minimum Gasteiger partial charge on any atom is -0.398 e. The Morgan fingerprint density at radius 2 is 1.85 bits per heavy atom. The molecular formula is C7H9ClN2O2S. The van der Waals surface area contributed by atoms with Gasteiger partial charge < -0.3 is 11.5 Å². The Hall–Kier alpha value is -0.940. The van der Waals surface area contributed by atoms with Gasteiger partial charge in [-0.05, 0) is 12.1 Å². The molecule has 1 rings (SSSR count). The average molecular weight is 221 g/mol. The van der Waals surface area contributed by atoms with Gasteiger partial charge in [-0.1, -0.05) is 11.6 Å². The van der Waals surface area contributed by atoms with Gasteiger partial charge in [0.1, 0.15) is 4.90 Å². The van der Waals surface area contributed by atoms with Gasteiger partial charge in [0.15, 0.2) is 9.84 Å². The predicted molar refractivity (Wildman–Crippen MR) is 53.4 cm³/mol. The van der Waals surface area contributed by atoms with Gasteiger partial charge in [0, 0.05) is 6.26 Å². The molecule has 6 heteroatoms. The molecule has 0 fully saturated rings. The smallest absolute Gasteiger partial charge is 0.179 e. The van der Waals surface area contributed by atoms with Crippen LogP contribution in [0.4, 0.5) is 11.4 Å². The molecule has 4 N–H and O–H groups in total. The van der Waals surface area contributed by atoms with Crippen LogP contribution in [0.15, 0.2) is 17.0 Å². The molecule has 1 aromatic carbocycles. The Bertz CT molecular complexity index is 442. The highest BCUT2D eigenvalue weighted by Crippen LogP contribution is 2.31. The van der Waals surface area contributed by atoms with Crippen molar-refractivity contribution in [3.63, 3.8) is 0 Å². The third-order valence-electron chi connectivity index (χ3n) is 1.54. The molecule has 0 atom stereocenters. The van der Waals surface area contributed by atoms with E-state index in [4.69, 9.17) is 23.1 Å². The highest BCUT2D eigenvalue weighted by molar-refractivity contribution is 7.91. The summed E-state index contributed by atoms with van der Waals surface area (Å²) < 4.78 is 22.4. The van der Waals surface area contributed by atoms with Crippen molar-refractivity contribution in [2.24, 2.45) is 0 Å². The lowest BCUT2D eigenvalue weighted by molar-refractivity contribution is 0.602. The molecule has 4 nitrogen and oxygen atoms in total.